The third-order valence-electron chi connectivity index (χ3n) is 5.50. The Morgan fingerprint density at radius 1 is 1.18 bits per heavy atom. The van der Waals surface area contributed by atoms with Crippen molar-refractivity contribution >= 4 is 22.7 Å². The molecule has 1 atom stereocenters. The number of aliphatic hydroxyl groups excluding tert-OH is 2. The number of hydrogen-bond donors (Lipinski definition) is 2. The van der Waals surface area contributed by atoms with Crippen molar-refractivity contribution in [3.8, 4) is 11.5 Å². The molecule has 1 aliphatic rings. The van der Waals surface area contributed by atoms with Crippen molar-refractivity contribution in [1.29, 1.82) is 0 Å². The number of para-hydroxylation sites is 1. The molecule has 8 nitrogen and oxygen atoms in total. The first-order chi connectivity index (χ1) is 16.0. The number of ketones is 1. The minimum absolute atomic E-state index is 0.000108. The third kappa shape index (κ3) is 4.05. The van der Waals surface area contributed by atoms with Crippen molar-refractivity contribution in [2.24, 2.45) is 0 Å². The van der Waals surface area contributed by atoms with Crippen LogP contribution in [0.2, 0.25) is 0 Å². The number of nitrogens with zero attached hydrogens (tertiary/aromatic N) is 1. The van der Waals surface area contributed by atoms with E-state index < -0.39 is 23.5 Å². The maximum absolute atomic E-state index is 13.6. The number of carbonyl (C=O) groups is 2. The average molecular weight is 451 g/mol. The third-order valence-corrected chi connectivity index (χ3v) is 5.50. The highest BCUT2D eigenvalue weighted by Crippen LogP contribution is 2.41. The van der Waals surface area contributed by atoms with Gasteiger partial charge in [0.15, 0.2) is 22.9 Å². The lowest BCUT2D eigenvalue weighted by atomic mass is 9.94. The summed E-state index contributed by atoms with van der Waals surface area (Å²) in [4.78, 5) is 27.9. The van der Waals surface area contributed by atoms with E-state index in [-0.39, 0.29) is 24.5 Å². The van der Waals surface area contributed by atoms with Gasteiger partial charge in [-0.15, -0.1) is 0 Å². The highest BCUT2D eigenvalue weighted by molar-refractivity contribution is 6.16. The lowest BCUT2D eigenvalue weighted by Gasteiger charge is -2.26. The van der Waals surface area contributed by atoms with Crippen LogP contribution in [0.4, 0.5) is 0 Å². The molecular formula is C25H25NO7. The molecule has 1 unspecified atom stereocenters. The van der Waals surface area contributed by atoms with Gasteiger partial charge in [0.2, 0.25) is 5.78 Å². The molecule has 2 heterocycles. The molecule has 33 heavy (non-hydrogen) atoms. The number of Topliss-reactive ketones (excluding diaryl/α,β-unsaturated/α-hetero) is 1. The second-order valence-electron chi connectivity index (χ2n) is 7.63. The van der Waals surface area contributed by atoms with Crippen molar-refractivity contribution in [2.45, 2.75) is 19.4 Å². The number of ether oxygens (including phenoxy) is 2. The molecular weight excluding hydrogens is 426 g/mol. The normalized spacial score (nSPS) is 16.0. The molecule has 0 spiro atoms. The van der Waals surface area contributed by atoms with Gasteiger partial charge in [0.1, 0.15) is 12.4 Å². The molecule has 4 rings (SSSR count). The van der Waals surface area contributed by atoms with Gasteiger partial charge in [-0.3, -0.25) is 9.59 Å². The molecule has 0 bridgehead atoms. The highest BCUT2D eigenvalue weighted by Gasteiger charge is 2.44. The summed E-state index contributed by atoms with van der Waals surface area (Å²) in [5.74, 6) is -0.820. The van der Waals surface area contributed by atoms with Gasteiger partial charge in [-0.25, -0.2) is 0 Å². The molecule has 8 heteroatoms. The van der Waals surface area contributed by atoms with E-state index in [2.05, 4.69) is 0 Å². The second-order valence-corrected chi connectivity index (χ2v) is 7.63. The van der Waals surface area contributed by atoms with Gasteiger partial charge < -0.3 is 29.0 Å². The monoisotopic (exact) mass is 451 g/mol. The zero-order valence-electron chi connectivity index (χ0n) is 18.4. The molecule has 1 aliphatic heterocycles. The number of fused-ring (bicyclic) bond motifs is 1. The van der Waals surface area contributed by atoms with Crippen molar-refractivity contribution in [3.63, 3.8) is 0 Å². The summed E-state index contributed by atoms with van der Waals surface area (Å²) in [6.07, 6.45) is 0.638. The topological polar surface area (TPSA) is 109 Å². The molecule has 0 saturated heterocycles. The molecule has 1 aromatic heterocycles. The number of furan rings is 1. The van der Waals surface area contributed by atoms with Gasteiger partial charge in [-0.1, -0.05) is 31.2 Å². The van der Waals surface area contributed by atoms with Crippen LogP contribution in [0.1, 0.15) is 35.5 Å². The van der Waals surface area contributed by atoms with Gasteiger partial charge in [0.25, 0.3) is 5.91 Å². The number of rotatable bonds is 9. The molecule has 1 amide bonds. The van der Waals surface area contributed by atoms with E-state index >= 15 is 0 Å². The van der Waals surface area contributed by atoms with Crippen LogP contribution in [0.15, 0.2) is 64.3 Å². The molecule has 2 aromatic carbocycles. The summed E-state index contributed by atoms with van der Waals surface area (Å²) >= 11 is 0. The Morgan fingerprint density at radius 3 is 2.70 bits per heavy atom. The molecule has 0 saturated carbocycles. The lowest BCUT2D eigenvalue weighted by Crippen LogP contribution is -2.31. The van der Waals surface area contributed by atoms with E-state index in [1.165, 1.54) is 12.0 Å². The van der Waals surface area contributed by atoms with E-state index in [0.29, 0.717) is 41.0 Å². The summed E-state index contributed by atoms with van der Waals surface area (Å²) in [5, 5.41) is 20.5. The zero-order valence-corrected chi connectivity index (χ0v) is 18.4. The summed E-state index contributed by atoms with van der Waals surface area (Å²) in [7, 11) is 1.51. The first kappa shape index (κ1) is 22.4. The minimum Gasteiger partial charge on any atom is -0.503 e. The number of hydrogen-bond acceptors (Lipinski definition) is 7. The number of amides is 1. The van der Waals surface area contributed by atoms with E-state index in [9.17, 15) is 14.7 Å². The molecule has 0 radical (unpaired) electrons. The fraction of sp³-hybridized carbons (Fsp3) is 0.280. The van der Waals surface area contributed by atoms with Crippen LogP contribution >= 0.6 is 0 Å². The fourth-order valence-corrected chi connectivity index (χ4v) is 4.08. The van der Waals surface area contributed by atoms with Gasteiger partial charge in [-0.05, 0) is 36.2 Å². The summed E-state index contributed by atoms with van der Waals surface area (Å²) in [5.41, 5.74) is 0.966. The van der Waals surface area contributed by atoms with Gasteiger partial charge in [-0.2, -0.15) is 0 Å². The first-order valence-corrected chi connectivity index (χ1v) is 10.7. The smallest absolute Gasteiger partial charge is 0.290 e. The molecule has 2 N–H and O–H groups in total. The van der Waals surface area contributed by atoms with Crippen LogP contribution in [0.3, 0.4) is 0 Å². The maximum Gasteiger partial charge on any atom is 0.290 e. The van der Waals surface area contributed by atoms with E-state index in [1.54, 1.807) is 48.5 Å². The predicted octanol–water partition coefficient (Wildman–Crippen LogP) is 3.80. The molecule has 172 valence electrons. The van der Waals surface area contributed by atoms with Crippen LogP contribution in [0, 0.1) is 0 Å². The molecule has 0 aliphatic carbocycles. The second kappa shape index (κ2) is 9.38. The van der Waals surface area contributed by atoms with E-state index in [1.807, 2.05) is 6.92 Å². The Balaban J connectivity index is 1.79. The largest absolute Gasteiger partial charge is 0.503 e. The van der Waals surface area contributed by atoms with Gasteiger partial charge in [0.05, 0.1) is 25.3 Å². The van der Waals surface area contributed by atoms with Crippen LogP contribution in [0.25, 0.3) is 11.0 Å². The highest BCUT2D eigenvalue weighted by atomic mass is 16.5. The van der Waals surface area contributed by atoms with Crippen molar-refractivity contribution < 1.29 is 33.7 Å². The zero-order chi connectivity index (χ0) is 23.5. The summed E-state index contributed by atoms with van der Waals surface area (Å²) in [6, 6.07) is 13.0. The number of benzene rings is 2. The Kier molecular flexibility index (Phi) is 6.37. The Bertz CT molecular complexity index is 1230. The quantitative estimate of drug-likeness (QED) is 0.476. The molecule has 3 aromatic rings. The number of methoxy groups -OCH3 is 1. The summed E-state index contributed by atoms with van der Waals surface area (Å²) < 4.78 is 16.6. The standard InChI is InChI=1S/C25H25NO7/c1-3-10-26-21(15-6-4-8-17(13-15)32-12-11-27)20(23(29)25(26)30)22(28)19-14-16-7-5-9-18(31-2)24(16)33-19/h4-9,13-14,21,27,29H,3,10-12H2,1-2H3. The lowest BCUT2D eigenvalue weighted by molar-refractivity contribution is -0.129. The number of carbonyl (C=O) groups excluding carboxylic acids is 2. The SMILES string of the molecule is CCCN1C(=O)C(O)=C(C(=O)c2cc3cccc(OC)c3o2)C1c1cccc(OCCO)c1. The predicted molar refractivity (Wildman–Crippen MR) is 121 cm³/mol. The first-order valence-electron chi connectivity index (χ1n) is 10.7. The van der Waals surface area contributed by atoms with Crippen LogP contribution in [0.5, 0.6) is 11.5 Å². The molecule has 0 fully saturated rings. The van der Waals surface area contributed by atoms with Crippen LogP contribution in [-0.4, -0.2) is 53.7 Å². The maximum atomic E-state index is 13.6. The summed E-state index contributed by atoms with van der Waals surface area (Å²) in [6.45, 7) is 2.22. The fourth-order valence-electron chi connectivity index (χ4n) is 4.08. The van der Waals surface area contributed by atoms with Gasteiger partial charge in [0, 0.05) is 11.9 Å². The van der Waals surface area contributed by atoms with Crippen LogP contribution in [-0.2, 0) is 4.79 Å². The van der Waals surface area contributed by atoms with Gasteiger partial charge >= 0.3 is 0 Å². The van der Waals surface area contributed by atoms with Crippen molar-refractivity contribution in [2.75, 3.05) is 26.9 Å². The minimum atomic E-state index is -0.808. The number of aliphatic hydroxyl groups is 2. The van der Waals surface area contributed by atoms with Crippen LogP contribution < -0.4 is 9.47 Å². The average Bonchev–Trinajstić information content (AvgIpc) is 3.38. The van der Waals surface area contributed by atoms with E-state index in [0.717, 1.165) is 0 Å². The van der Waals surface area contributed by atoms with E-state index in [4.69, 9.17) is 19.0 Å². The Hall–Kier alpha value is -3.78. The van der Waals surface area contributed by atoms with Crippen molar-refractivity contribution in [3.05, 3.63) is 71.2 Å². The Labute approximate surface area is 190 Å². The van der Waals surface area contributed by atoms with Crippen molar-refractivity contribution in [1.82, 2.24) is 4.90 Å². The Morgan fingerprint density at radius 2 is 1.97 bits per heavy atom.